The van der Waals surface area contributed by atoms with Gasteiger partial charge in [0, 0.05) is 37.4 Å². The Morgan fingerprint density at radius 3 is 2.42 bits per heavy atom. The summed E-state index contributed by atoms with van der Waals surface area (Å²) in [6.07, 6.45) is 0. The van der Waals surface area contributed by atoms with E-state index in [0.717, 1.165) is 17.1 Å². The van der Waals surface area contributed by atoms with E-state index < -0.39 is 5.82 Å². The van der Waals surface area contributed by atoms with Crippen molar-refractivity contribution in [1.82, 2.24) is 15.1 Å². The Labute approximate surface area is 185 Å². The average molecular weight is 440 g/mol. The van der Waals surface area contributed by atoms with Crippen molar-refractivity contribution >= 4 is 29.1 Å². The van der Waals surface area contributed by atoms with Crippen molar-refractivity contribution < 1.29 is 9.18 Å². The number of halogens is 2. The van der Waals surface area contributed by atoms with Crippen LogP contribution in [0.2, 0.25) is 5.02 Å². The molecule has 2 aromatic carbocycles. The van der Waals surface area contributed by atoms with E-state index >= 15 is 0 Å². The zero-order valence-corrected chi connectivity index (χ0v) is 18.2. The summed E-state index contributed by atoms with van der Waals surface area (Å²) in [6.45, 7) is 6.52. The number of benzene rings is 2. The second kappa shape index (κ2) is 8.89. The average Bonchev–Trinajstić information content (AvgIpc) is 2.77. The number of amides is 2. The third kappa shape index (κ3) is 4.77. The van der Waals surface area contributed by atoms with Crippen LogP contribution in [0.4, 0.5) is 20.7 Å². The van der Waals surface area contributed by atoms with Gasteiger partial charge in [-0.05, 0) is 49.7 Å². The number of aryl methyl sites for hydroxylation is 2. The van der Waals surface area contributed by atoms with Crippen LogP contribution >= 0.6 is 11.6 Å². The van der Waals surface area contributed by atoms with Crippen LogP contribution in [-0.2, 0) is 0 Å². The molecule has 0 saturated carbocycles. The molecule has 4 rings (SSSR count). The molecule has 0 aliphatic carbocycles. The fourth-order valence-electron chi connectivity index (χ4n) is 3.65. The standard InChI is InChI=1S/C23H23ClFN5O/c1-15-3-5-18(16(2)13-15)21-7-8-22(28-27-21)29-9-11-30(12-10-29)23(31)26-17-4-6-20(25)19(24)14-17/h3-8,13-14H,9-12H2,1-2H3,(H,26,31). The predicted octanol–water partition coefficient (Wildman–Crippen LogP) is 4.91. The number of hydrogen-bond donors (Lipinski definition) is 1. The van der Waals surface area contributed by atoms with E-state index in [2.05, 4.69) is 52.5 Å². The Morgan fingerprint density at radius 2 is 1.77 bits per heavy atom. The van der Waals surface area contributed by atoms with Crippen molar-refractivity contribution in [3.8, 4) is 11.3 Å². The van der Waals surface area contributed by atoms with Crippen LogP contribution in [0.3, 0.4) is 0 Å². The van der Waals surface area contributed by atoms with Crippen LogP contribution in [0.15, 0.2) is 48.5 Å². The molecule has 1 fully saturated rings. The summed E-state index contributed by atoms with van der Waals surface area (Å²) in [5.74, 6) is 0.275. The van der Waals surface area contributed by atoms with Gasteiger partial charge in [-0.1, -0.05) is 35.4 Å². The number of carbonyl (C=O) groups is 1. The van der Waals surface area contributed by atoms with Crippen molar-refractivity contribution in [2.75, 3.05) is 36.4 Å². The lowest BCUT2D eigenvalue weighted by Gasteiger charge is -2.35. The van der Waals surface area contributed by atoms with Gasteiger partial charge >= 0.3 is 6.03 Å². The molecule has 1 aliphatic heterocycles. The predicted molar refractivity (Wildman–Crippen MR) is 121 cm³/mol. The maximum Gasteiger partial charge on any atom is 0.321 e. The molecule has 1 saturated heterocycles. The van der Waals surface area contributed by atoms with E-state index in [9.17, 15) is 9.18 Å². The van der Waals surface area contributed by atoms with Crippen molar-refractivity contribution in [3.63, 3.8) is 0 Å². The van der Waals surface area contributed by atoms with Crippen molar-refractivity contribution in [2.45, 2.75) is 13.8 Å². The van der Waals surface area contributed by atoms with E-state index in [-0.39, 0.29) is 11.1 Å². The van der Waals surface area contributed by atoms with E-state index in [1.807, 2.05) is 12.1 Å². The molecule has 1 aromatic heterocycles. The summed E-state index contributed by atoms with van der Waals surface area (Å²) in [5.41, 5.74) is 4.77. The third-order valence-electron chi connectivity index (χ3n) is 5.37. The molecule has 6 nitrogen and oxygen atoms in total. The Kier molecular flexibility index (Phi) is 6.04. The van der Waals surface area contributed by atoms with Gasteiger partial charge in [-0.3, -0.25) is 0 Å². The molecule has 8 heteroatoms. The molecular formula is C23H23ClFN5O. The highest BCUT2D eigenvalue weighted by Gasteiger charge is 2.22. The molecule has 1 aliphatic rings. The van der Waals surface area contributed by atoms with Crippen LogP contribution < -0.4 is 10.2 Å². The molecule has 0 bridgehead atoms. The first-order valence-electron chi connectivity index (χ1n) is 10.1. The first kappa shape index (κ1) is 21.1. The highest BCUT2D eigenvalue weighted by Crippen LogP contribution is 2.24. The van der Waals surface area contributed by atoms with E-state index in [0.29, 0.717) is 31.9 Å². The van der Waals surface area contributed by atoms with Crippen molar-refractivity contribution in [3.05, 3.63) is 70.5 Å². The van der Waals surface area contributed by atoms with Gasteiger partial charge in [0.2, 0.25) is 0 Å². The smallest absolute Gasteiger partial charge is 0.321 e. The van der Waals surface area contributed by atoms with Gasteiger partial charge < -0.3 is 15.1 Å². The molecule has 31 heavy (non-hydrogen) atoms. The molecule has 160 valence electrons. The van der Waals surface area contributed by atoms with Gasteiger partial charge in [-0.15, -0.1) is 10.2 Å². The molecule has 0 atom stereocenters. The summed E-state index contributed by atoms with van der Waals surface area (Å²) in [4.78, 5) is 16.3. The first-order chi connectivity index (χ1) is 14.9. The lowest BCUT2D eigenvalue weighted by Crippen LogP contribution is -2.50. The molecule has 1 N–H and O–H groups in total. The lowest BCUT2D eigenvalue weighted by atomic mass is 10.0. The van der Waals surface area contributed by atoms with Crippen LogP contribution in [0, 0.1) is 19.7 Å². The Bertz CT molecular complexity index is 1100. The second-order valence-electron chi connectivity index (χ2n) is 7.63. The molecule has 0 radical (unpaired) electrons. The number of rotatable bonds is 3. The Balaban J connectivity index is 1.36. The highest BCUT2D eigenvalue weighted by atomic mass is 35.5. The molecule has 2 heterocycles. The minimum Gasteiger partial charge on any atom is -0.352 e. The van der Waals surface area contributed by atoms with Gasteiger partial charge in [0.25, 0.3) is 0 Å². The summed E-state index contributed by atoms with van der Waals surface area (Å²) in [6, 6.07) is 14.1. The zero-order valence-electron chi connectivity index (χ0n) is 17.4. The second-order valence-corrected chi connectivity index (χ2v) is 8.04. The fourth-order valence-corrected chi connectivity index (χ4v) is 3.83. The van der Waals surface area contributed by atoms with E-state index in [4.69, 9.17) is 11.6 Å². The monoisotopic (exact) mass is 439 g/mol. The minimum absolute atomic E-state index is 0.0227. The fraction of sp³-hybridized carbons (Fsp3) is 0.261. The number of hydrogen-bond acceptors (Lipinski definition) is 4. The van der Waals surface area contributed by atoms with Crippen LogP contribution in [0.25, 0.3) is 11.3 Å². The number of urea groups is 1. The van der Waals surface area contributed by atoms with Gasteiger partial charge in [-0.25, -0.2) is 9.18 Å². The number of carbonyl (C=O) groups excluding carboxylic acids is 1. The molecule has 0 unspecified atom stereocenters. The zero-order chi connectivity index (χ0) is 22.0. The van der Waals surface area contributed by atoms with Crippen LogP contribution in [0.5, 0.6) is 0 Å². The van der Waals surface area contributed by atoms with Crippen molar-refractivity contribution in [1.29, 1.82) is 0 Å². The molecule has 0 spiro atoms. The summed E-state index contributed by atoms with van der Waals surface area (Å²) in [7, 11) is 0. The lowest BCUT2D eigenvalue weighted by molar-refractivity contribution is 0.208. The number of piperazine rings is 1. The molecule has 3 aromatic rings. The SMILES string of the molecule is Cc1ccc(-c2ccc(N3CCN(C(=O)Nc4ccc(F)c(Cl)c4)CC3)nn2)c(C)c1. The first-order valence-corrected chi connectivity index (χ1v) is 10.5. The summed E-state index contributed by atoms with van der Waals surface area (Å²) in [5, 5.41) is 11.6. The number of nitrogens with one attached hydrogen (secondary N) is 1. The van der Waals surface area contributed by atoms with Crippen LogP contribution in [0.1, 0.15) is 11.1 Å². The topological polar surface area (TPSA) is 61.4 Å². The minimum atomic E-state index is -0.516. The third-order valence-corrected chi connectivity index (χ3v) is 5.66. The molecule has 2 amide bonds. The van der Waals surface area contributed by atoms with Gasteiger partial charge in [0.15, 0.2) is 5.82 Å². The Morgan fingerprint density at radius 1 is 1.00 bits per heavy atom. The Hall–Kier alpha value is -3.19. The van der Waals surface area contributed by atoms with E-state index in [1.165, 1.54) is 29.3 Å². The maximum absolute atomic E-state index is 13.3. The van der Waals surface area contributed by atoms with Crippen LogP contribution in [-0.4, -0.2) is 47.3 Å². The number of aromatic nitrogens is 2. The van der Waals surface area contributed by atoms with E-state index in [1.54, 1.807) is 4.90 Å². The normalized spacial score (nSPS) is 13.9. The number of anilines is 2. The van der Waals surface area contributed by atoms with Crippen molar-refractivity contribution in [2.24, 2.45) is 0 Å². The quantitative estimate of drug-likeness (QED) is 0.630. The summed E-state index contributed by atoms with van der Waals surface area (Å²) >= 11 is 5.78. The summed E-state index contributed by atoms with van der Waals surface area (Å²) < 4.78 is 13.3. The van der Waals surface area contributed by atoms with Gasteiger partial charge in [0.1, 0.15) is 5.82 Å². The number of nitrogens with zero attached hydrogens (tertiary/aromatic N) is 4. The maximum atomic E-state index is 13.3. The van der Waals surface area contributed by atoms with Gasteiger partial charge in [0.05, 0.1) is 10.7 Å². The highest BCUT2D eigenvalue weighted by molar-refractivity contribution is 6.31. The van der Waals surface area contributed by atoms with Gasteiger partial charge in [-0.2, -0.15) is 0 Å². The molecular weight excluding hydrogens is 417 g/mol. The largest absolute Gasteiger partial charge is 0.352 e.